The van der Waals surface area contributed by atoms with E-state index in [0.717, 1.165) is 15.8 Å². The van der Waals surface area contributed by atoms with E-state index in [0.29, 0.717) is 13.1 Å². The van der Waals surface area contributed by atoms with Crippen LogP contribution in [0.1, 0.15) is 19.5 Å². The summed E-state index contributed by atoms with van der Waals surface area (Å²) in [5, 5.41) is 0.811. The summed E-state index contributed by atoms with van der Waals surface area (Å²) in [7, 11) is 1.97. The largest absolute Gasteiger partial charge is 0.351 e. The minimum Gasteiger partial charge on any atom is -0.351 e. The maximum absolute atomic E-state index is 12.2. The van der Waals surface area contributed by atoms with Crippen molar-refractivity contribution in [2.45, 2.75) is 13.8 Å². The summed E-state index contributed by atoms with van der Waals surface area (Å²) in [6.07, 6.45) is 3.89. The molecule has 2 heterocycles. The zero-order valence-electron chi connectivity index (χ0n) is 10.9. The molecule has 0 N–H and O–H groups in total. The fourth-order valence-electron chi connectivity index (χ4n) is 1.80. The summed E-state index contributed by atoms with van der Waals surface area (Å²) in [4.78, 5) is 19.0. The lowest BCUT2D eigenvalue weighted by Crippen LogP contribution is -2.28. The minimum atomic E-state index is 0.0518. The summed E-state index contributed by atoms with van der Waals surface area (Å²) in [5.74, 6) is 0.0518. The summed E-state index contributed by atoms with van der Waals surface area (Å²) in [6.45, 7) is 5.30. The van der Waals surface area contributed by atoms with E-state index in [1.807, 2.05) is 49.9 Å². The molecule has 18 heavy (non-hydrogen) atoms. The summed E-state index contributed by atoms with van der Waals surface area (Å²) in [5.41, 5.74) is 1.03. The lowest BCUT2D eigenvalue weighted by atomic mass is 10.3. The molecule has 0 aliphatic carbocycles. The molecular weight excluding hydrogens is 246 g/mol. The van der Waals surface area contributed by atoms with Gasteiger partial charge in [0.1, 0.15) is 0 Å². The van der Waals surface area contributed by atoms with Crippen LogP contribution in [0.15, 0.2) is 28.2 Å². The van der Waals surface area contributed by atoms with Gasteiger partial charge in [-0.3, -0.25) is 14.7 Å². The van der Waals surface area contributed by atoms with Crippen LogP contribution in [0, 0.1) is 0 Å². The highest BCUT2D eigenvalue weighted by molar-refractivity contribution is 8.18. The Bertz CT molecular complexity index is 516. The maximum atomic E-state index is 12.2. The van der Waals surface area contributed by atoms with Crippen molar-refractivity contribution < 1.29 is 4.79 Å². The Labute approximate surface area is 111 Å². The smallest absolute Gasteiger partial charge is 0.266 e. The number of hydrogen-bond donors (Lipinski definition) is 0. The molecule has 1 saturated heterocycles. The van der Waals surface area contributed by atoms with Crippen LogP contribution in [-0.2, 0) is 11.8 Å². The lowest BCUT2D eigenvalue weighted by molar-refractivity contribution is -0.122. The molecule has 4 nitrogen and oxygen atoms in total. The van der Waals surface area contributed by atoms with Gasteiger partial charge in [0, 0.05) is 32.0 Å². The van der Waals surface area contributed by atoms with E-state index < -0.39 is 0 Å². The Balaban J connectivity index is 2.32. The van der Waals surface area contributed by atoms with E-state index >= 15 is 0 Å². The predicted octanol–water partition coefficient (Wildman–Crippen LogP) is 2.34. The number of aryl methyl sites for hydroxylation is 1. The van der Waals surface area contributed by atoms with E-state index in [1.165, 1.54) is 11.8 Å². The van der Waals surface area contributed by atoms with Crippen molar-refractivity contribution in [2.75, 3.05) is 13.1 Å². The molecule has 1 fully saturated rings. The highest BCUT2D eigenvalue weighted by Gasteiger charge is 2.31. The molecule has 96 valence electrons. The molecule has 1 amide bonds. The fraction of sp³-hybridized carbons (Fsp3) is 0.385. The quantitative estimate of drug-likeness (QED) is 0.785. The molecule has 0 bridgehead atoms. The number of aliphatic imine (C=N–C) groups is 1. The molecule has 2 rings (SSSR count). The molecule has 0 atom stereocenters. The average Bonchev–Trinajstić information content (AvgIpc) is 2.86. The number of nitrogens with zero attached hydrogens (tertiary/aromatic N) is 3. The first-order valence-electron chi connectivity index (χ1n) is 6.04. The molecule has 1 aliphatic heterocycles. The molecule has 0 spiro atoms. The van der Waals surface area contributed by atoms with Crippen LogP contribution in [0.25, 0.3) is 6.08 Å². The van der Waals surface area contributed by atoms with Crippen molar-refractivity contribution in [3.8, 4) is 0 Å². The van der Waals surface area contributed by atoms with Crippen molar-refractivity contribution >= 4 is 28.9 Å². The zero-order chi connectivity index (χ0) is 13.1. The minimum absolute atomic E-state index is 0.0518. The second-order valence-corrected chi connectivity index (χ2v) is 4.97. The zero-order valence-corrected chi connectivity index (χ0v) is 11.7. The first kappa shape index (κ1) is 13.0. The Morgan fingerprint density at radius 3 is 2.78 bits per heavy atom. The van der Waals surface area contributed by atoms with Crippen molar-refractivity contribution in [1.82, 2.24) is 9.47 Å². The van der Waals surface area contributed by atoms with Crippen LogP contribution >= 0.6 is 11.8 Å². The Kier molecular flexibility index (Phi) is 3.91. The monoisotopic (exact) mass is 263 g/mol. The van der Waals surface area contributed by atoms with Gasteiger partial charge < -0.3 is 4.57 Å². The molecule has 1 aliphatic rings. The van der Waals surface area contributed by atoms with E-state index in [9.17, 15) is 4.79 Å². The second-order valence-electron chi connectivity index (χ2n) is 3.96. The van der Waals surface area contributed by atoms with Gasteiger partial charge in [0.15, 0.2) is 5.17 Å². The Morgan fingerprint density at radius 2 is 2.22 bits per heavy atom. The normalized spacial score (nSPS) is 20.4. The van der Waals surface area contributed by atoms with Gasteiger partial charge in [0.2, 0.25) is 0 Å². The molecule has 0 saturated carbocycles. The van der Waals surface area contributed by atoms with E-state index in [1.54, 1.807) is 4.90 Å². The molecule has 0 radical (unpaired) electrons. The van der Waals surface area contributed by atoms with Crippen molar-refractivity contribution in [1.29, 1.82) is 0 Å². The van der Waals surface area contributed by atoms with Crippen LogP contribution in [0.4, 0.5) is 0 Å². The third kappa shape index (κ3) is 2.36. The van der Waals surface area contributed by atoms with Crippen molar-refractivity contribution in [3.05, 3.63) is 28.9 Å². The van der Waals surface area contributed by atoms with Crippen LogP contribution < -0.4 is 0 Å². The molecular formula is C13H17N3OS. The third-order valence-electron chi connectivity index (χ3n) is 2.76. The number of carbonyl (C=O) groups is 1. The summed E-state index contributed by atoms with van der Waals surface area (Å²) < 4.78 is 1.99. The van der Waals surface area contributed by atoms with Crippen molar-refractivity contribution in [3.63, 3.8) is 0 Å². The van der Waals surface area contributed by atoms with Crippen LogP contribution in [-0.4, -0.2) is 33.6 Å². The Morgan fingerprint density at radius 1 is 1.44 bits per heavy atom. The van der Waals surface area contributed by atoms with Gasteiger partial charge in [-0.1, -0.05) is 0 Å². The highest BCUT2D eigenvalue weighted by Crippen LogP contribution is 2.32. The van der Waals surface area contributed by atoms with Crippen molar-refractivity contribution in [2.24, 2.45) is 12.0 Å². The topological polar surface area (TPSA) is 37.6 Å². The molecule has 0 unspecified atom stereocenters. The number of amides is 1. The molecule has 0 aromatic carbocycles. The van der Waals surface area contributed by atoms with E-state index in [4.69, 9.17) is 0 Å². The SMILES string of the molecule is CCN=C1S/C(=C/c2cccn2C)C(=O)N1CC. The summed E-state index contributed by atoms with van der Waals surface area (Å²) >= 11 is 1.46. The summed E-state index contributed by atoms with van der Waals surface area (Å²) in [6, 6.07) is 3.96. The molecule has 1 aromatic rings. The van der Waals surface area contributed by atoms with Crippen LogP contribution in [0.5, 0.6) is 0 Å². The van der Waals surface area contributed by atoms with E-state index in [-0.39, 0.29) is 5.91 Å². The second kappa shape index (κ2) is 5.44. The number of hydrogen-bond acceptors (Lipinski definition) is 3. The number of amidine groups is 1. The van der Waals surface area contributed by atoms with Gasteiger partial charge in [-0.15, -0.1) is 0 Å². The van der Waals surface area contributed by atoms with Gasteiger partial charge in [0.25, 0.3) is 5.91 Å². The number of carbonyl (C=O) groups excluding carboxylic acids is 1. The highest BCUT2D eigenvalue weighted by atomic mass is 32.2. The van der Waals surface area contributed by atoms with Gasteiger partial charge in [-0.05, 0) is 43.8 Å². The number of aromatic nitrogens is 1. The first-order chi connectivity index (χ1) is 8.67. The standard InChI is InChI=1S/C13H17N3OS/c1-4-14-13-16(5-2)12(17)11(18-13)9-10-7-6-8-15(10)3/h6-9H,4-5H2,1-3H3/b11-9+,14-13?. The van der Waals surface area contributed by atoms with Gasteiger partial charge in [-0.2, -0.15) is 0 Å². The number of likely N-dealkylation sites (N-methyl/N-ethyl adjacent to an activating group) is 1. The molecule has 5 heteroatoms. The predicted molar refractivity (Wildman–Crippen MR) is 76.3 cm³/mol. The van der Waals surface area contributed by atoms with Crippen LogP contribution in [0.2, 0.25) is 0 Å². The third-order valence-corrected chi connectivity index (χ3v) is 3.81. The van der Waals surface area contributed by atoms with Gasteiger partial charge >= 0.3 is 0 Å². The fourth-order valence-corrected chi connectivity index (χ4v) is 2.89. The maximum Gasteiger partial charge on any atom is 0.266 e. The molecule has 1 aromatic heterocycles. The Hall–Kier alpha value is -1.49. The van der Waals surface area contributed by atoms with Crippen LogP contribution in [0.3, 0.4) is 0 Å². The lowest BCUT2D eigenvalue weighted by Gasteiger charge is -2.11. The van der Waals surface area contributed by atoms with Gasteiger partial charge in [-0.25, -0.2) is 0 Å². The van der Waals surface area contributed by atoms with Gasteiger partial charge in [0.05, 0.1) is 4.91 Å². The van der Waals surface area contributed by atoms with E-state index in [2.05, 4.69) is 4.99 Å². The first-order valence-corrected chi connectivity index (χ1v) is 6.86. The number of rotatable bonds is 3. The number of thioether (sulfide) groups is 1. The average molecular weight is 263 g/mol.